The number of pyridine rings is 1. The highest BCUT2D eigenvalue weighted by atomic mass is 32.2. The van der Waals surface area contributed by atoms with E-state index in [0.717, 1.165) is 18.2 Å². The van der Waals surface area contributed by atoms with Gasteiger partial charge in [0.1, 0.15) is 4.90 Å². The fourth-order valence-corrected chi connectivity index (χ4v) is 4.93. The smallest absolute Gasteiger partial charge is 0.316 e. The summed E-state index contributed by atoms with van der Waals surface area (Å²) in [5, 5.41) is 0.824. The number of aromatic nitrogens is 3. The van der Waals surface area contributed by atoms with Gasteiger partial charge in [-0.05, 0) is 37.0 Å². The number of hydrogen-bond donors (Lipinski definition) is 0. The summed E-state index contributed by atoms with van der Waals surface area (Å²) in [6.45, 7) is 1.43. The van der Waals surface area contributed by atoms with Crippen LogP contribution in [0.15, 0.2) is 59.9 Å². The molecule has 7 nitrogen and oxygen atoms in total. The molecule has 0 unspecified atom stereocenters. The minimum absolute atomic E-state index is 0.271. The third-order valence-corrected chi connectivity index (χ3v) is 6.71. The van der Waals surface area contributed by atoms with Crippen molar-refractivity contribution in [3.05, 3.63) is 55.0 Å². The SMILES string of the molecule is O=S(=O)(c1cccc2cccnc12)N1CCC(COc2ncccn2)CC1. The Morgan fingerprint density at radius 1 is 0.963 bits per heavy atom. The van der Waals surface area contributed by atoms with E-state index in [4.69, 9.17) is 4.74 Å². The van der Waals surface area contributed by atoms with Crippen LogP contribution in [-0.2, 0) is 10.0 Å². The summed E-state index contributed by atoms with van der Waals surface area (Å²) in [7, 11) is -3.57. The first-order valence-electron chi connectivity index (χ1n) is 8.88. The second kappa shape index (κ2) is 7.58. The summed E-state index contributed by atoms with van der Waals surface area (Å²) in [6, 6.07) is 11.0. The van der Waals surface area contributed by atoms with Crippen molar-refractivity contribution in [1.82, 2.24) is 19.3 Å². The molecule has 0 N–H and O–H groups in total. The first kappa shape index (κ1) is 17.8. The summed E-state index contributed by atoms with van der Waals surface area (Å²) in [4.78, 5) is 12.6. The van der Waals surface area contributed by atoms with Gasteiger partial charge >= 0.3 is 6.01 Å². The van der Waals surface area contributed by atoms with Gasteiger partial charge in [0.05, 0.1) is 12.1 Å². The van der Waals surface area contributed by atoms with Crippen molar-refractivity contribution in [2.24, 2.45) is 5.92 Å². The number of ether oxygens (including phenoxy) is 1. The molecule has 3 heterocycles. The average Bonchev–Trinajstić information content (AvgIpc) is 2.73. The lowest BCUT2D eigenvalue weighted by Crippen LogP contribution is -2.39. The van der Waals surface area contributed by atoms with Crippen molar-refractivity contribution in [2.45, 2.75) is 17.7 Å². The number of piperidine rings is 1. The molecular weight excluding hydrogens is 364 g/mol. The predicted molar refractivity (Wildman–Crippen MR) is 101 cm³/mol. The topological polar surface area (TPSA) is 85.3 Å². The van der Waals surface area contributed by atoms with E-state index in [1.165, 1.54) is 0 Å². The zero-order valence-corrected chi connectivity index (χ0v) is 15.5. The zero-order valence-electron chi connectivity index (χ0n) is 14.7. The van der Waals surface area contributed by atoms with E-state index in [1.807, 2.05) is 12.1 Å². The Hall–Kier alpha value is -2.58. The predicted octanol–water partition coefficient (Wildman–Crippen LogP) is 2.50. The van der Waals surface area contributed by atoms with Crippen molar-refractivity contribution >= 4 is 20.9 Å². The van der Waals surface area contributed by atoms with Crippen LogP contribution in [0.3, 0.4) is 0 Å². The summed E-state index contributed by atoms with van der Waals surface area (Å²) in [6.07, 6.45) is 6.37. The summed E-state index contributed by atoms with van der Waals surface area (Å²) in [5.41, 5.74) is 0.520. The molecule has 3 aromatic rings. The van der Waals surface area contributed by atoms with E-state index in [9.17, 15) is 8.42 Å². The van der Waals surface area contributed by atoms with E-state index < -0.39 is 10.0 Å². The van der Waals surface area contributed by atoms with Crippen LogP contribution in [-0.4, -0.2) is 47.4 Å². The van der Waals surface area contributed by atoms with E-state index >= 15 is 0 Å². The fraction of sp³-hybridized carbons (Fsp3) is 0.316. The standard InChI is InChI=1S/C19H20N4O3S/c24-27(25,17-6-1-4-16-5-2-9-20-18(16)17)23-12-7-15(8-13-23)14-26-19-21-10-3-11-22-19/h1-6,9-11,15H,7-8,12-14H2. The number of rotatable bonds is 5. The molecule has 0 amide bonds. The van der Waals surface area contributed by atoms with Crippen molar-refractivity contribution in [2.75, 3.05) is 19.7 Å². The minimum Gasteiger partial charge on any atom is -0.463 e. The van der Waals surface area contributed by atoms with Gasteiger partial charge in [0, 0.05) is 37.1 Å². The van der Waals surface area contributed by atoms with Crippen LogP contribution in [0.5, 0.6) is 6.01 Å². The molecule has 0 saturated carbocycles. The lowest BCUT2D eigenvalue weighted by atomic mass is 9.99. The Morgan fingerprint density at radius 2 is 1.67 bits per heavy atom. The second-order valence-electron chi connectivity index (χ2n) is 6.52. The molecule has 2 aromatic heterocycles. The van der Waals surface area contributed by atoms with Gasteiger partial charge in [0.15, 0.2) is 0 Å². The van der Waals surface area contributed by atoms with Crippen molar-refractivity contribution in [1.29, 1.82) is 0 Å². The van der Waals surface area contributed by atoms with E-state index in [2.05, 4.69) is 15.0 Å². The lowest BCUT2D eigenvalue weighted by molar-refractivity contribution is 0.176. The normalized spacial score (nSPS) is 16.4. The van der Waals surface area contributed by atoms with Crippen LogP contribution in [0, 0.1) is 5.92 Å². The zero-order chi connectivity index (χ0) is 18.7. The number of fused-ring (bicyclic) bond motifs is 1. The molecule has 1 aliphatic heterocycles. The number of sulfonamides is 1. The van der Waals surface area contributed by atoms with E-state index in [0.29, 0.717) is 31.2 Å². The van der Waals surface area contributed by atoms with E-state index in [-0.39, 0.29) is 10.8 Å². The van der Waals surface area contributed by atoms with Gasteiger partial charge in [-0.2, -0.15) is 4.31 Å². The molecule has 1 aliphatic rings. The van der Waals surface area contributed by atoms with Gasteiger partial charge in [0.2, 0.25) is 10.0 Å². The molecule has 0 aliphatic carbocycles. The maximum absolute atomic E-state index is 13.1. The minimum atomic E-state index is -3.57. The van der Waals surface area contributed by atoms with Crippen LogP contribution in [0.4, 0.5) is 0 Å². The molecule has 0 atom stereocenters. The quantitative estimate of drug-likeness (QED) is 0.672. The van der Waals surface area contributed by atoms with Crippen molar-refractivity contribution < 1.29 is 13.2 Å². The van der Waals surface area contributed by atoms with Crippen LogP contribution in [0.25, 0.3) is 10.9 Å². The summed E-state index contributed by atoms with van der Waals surface area (Å²) < 4.78 is 33.4. The molecule has 27 heavy (non-hydrogen) atoms. The Balaban J connectivity index is 1.44. The maximum Gasteiger partial charge on any atom is 0.316 e. The van der Waals surface area contributed by atoms with Gasteiger partial charge in [-0.15, -0.1) is 0 Å². The number of hydrogen-bond acceptors (Lipinski definition) is 6. The second-order valence-corrected chi connectivity index (χ2v) is 8.43. The van der Waals surface area contributed by atoms with Gasteiger partial charge < -0.3 is 4.74 Å². The molecule has 140 valence electrons. The number of benzene rings is 1. The van der Waals surface area contributed by atoms with Crippen molar-refractivity contribution in [3.8, 4) is 6.01 Å². The Morgan fingerprint density at radius 3 is 2.44 bits per heavy atom. The monoisotopic (exact) mass is 384 g/mol. The molecular formula is C19H20N4O3S. The van der Waals surface area contributed by atoms with Crippen LogP contribution >= 0.6 is 0 Å². The third-order valence-electron chi connectivity index (χ3n) is 4.78. The largest absolute Gasteiger partial charge is 0.463 e. The Labute approximate surface area is 158 Å². The van der Waals surface area contributed by atoms with Gasteiger partial charge in [0.25, 0.3) is 0 Å². The summed E-state index contributed by atoms with van der Waals surface area (Å²) >= 11 is 0. The molecule has 0 radical (unpaired) electrons. The average molecular weight is 384 g/mol. The Kier molecular flexibility index (Phi) is 5.00. The highest BCUT2D eigenvalue weighted by molar-refractivity contribution is 7.89. The third kappa shape index (κ3) is 3.77. The Bertz CT molecular complexity index is 1010. The van der Waals surface area contributed by atoms with Gasteiger partial charge in [-0.1, -0.05) is 18.2 Å². The van der Waals surface area contributed by atoms with Crippen molar-refractivity contribution in [3.63, 3.8) is 0 Å². The highest BCUT2D eigenvalue weighted by Gasteiger charge is 2.31. The van der Waals surface area contributed by atoms with Gasteiger partial charge in [-0.25, -0.2) is 18.4 Å². The van der Waals surface area contributed by atoms with Gasteiger partial charge in [-0.3, -0.25) is 4.98 Å². The molecule has 1 aromatic carbocycles. The first-order chi connectivity index (χ1) is 13.1. The molecule has 8 heteroatoms. The summed E-state index contributed by atoms with van der Waals surface area (Å²) in [5.74, 6) is 0.283. The van der Waals surface area contributed by atoms with Crippen LogP contribution < -0.4 is 4.74 Å². The molecule has 0 bridgehead atoms. The molecule has 1 fully saturated rings. The lowest BCUT2D eigenvalue weighted by Gasteiger charge is -2.31. The van der Waals surface area contributed by atoms with Crippen LogP contribution in [0.1, 0.15) is 12.8 Å². The number of para-hydroxylation sites is 1. The molecule has 4 rings (SSSR count). The molecule has 0 spiro atoms. The highest BCUT2D eigenvalue weighted by Crippen LogP contribution is 2.27. The van der Waals surface area contributed by atoms with E-state index in [1.54, 1.807) is 47.2 Å². The first-order valence-corrected chi connectivity index (χ1v) is 10.3. The maximum atomic E-state index is 13.1. The van der Waals surface area contributed by atoms with Crippen LogP contribution in [0.2, 0.25) is 0 Å². The fourth-order valence-electron chi connectivity index (χ4n) is 3.29. The molecule has 1 saturated heterocycles. The number of nitrogens with zero attached hydrogens (tertiary/aromatic N) is 4.